The maximum atomic E-state index is 11.1. The SMILES string of the molecule is Cc1cc(CO)c(O)c(Cc2cc(C)cc(Cc3cc(C)cc(CO)c3O)c2O)c1.OCc1cc(C2(c3cc(CO)c(O)c(C4CCCCC4)c3)CCCCC2)cc(C2CCCCC2)c1O. The van der Waals surface area contributed by atoms with E-state index in [0.29, 0.717) is 69.2 Å². The van der Waals surface area contributed by atoms with Gasteiger partial charge in [0, 0.05) is 40.5 Å². The zero-order chi connectivity index (χ0) is 47.1. The quantitative estimate of drug-likeness (QED) is 0.0588. The molecule has 3 aliphatic rings. The van der Waals surface area contributed by atoms with Crippen molar-refractivity contribution in [2.24, 2.45) is 0 Å². The summed E-state index contributed by atoms with van der Waals surface area (Å²) in [5.74, 6) is 1.43. The normalized spacial score (nSPS) is 16.8. The van der Waals surface area contributed by atoms with Crippen LogP contribution in [0, 0.1) is 20.8 Å². The van der Waals surface area contributed by atoms with Gasteiger partial charge in [-0.05, 0) is 128 Å². The zero-order valence-electron chi connectivity index (χ0n) is 39.3. The molecule has 0 aliphatic heterocycles. The van der Waals surface area contributed by atoms with E-state index in [0.717, 1.165) is 79.2 Å². The highest BCUT2D eigenvalue weighted by atomic mass is 16.3. The second-order valence-electron chi connectivity index (χ2n) is 19.7. The van der Waals surface area contributed by atoms with E-state index in [-0.39, 0.29) is 60.6 Å². The number of hydrogen-bond donors (Lipinski definition) is 9. The first-order valence-corrected chi connectivity index (χ1v) is 24.4. The summed E-state index contributed by atoms with van der Waals surface area (Å²) in [4.78, 5) is 0. The van der Waals surface area contributed by atoms with Crippen molar-refractivity contribution >= 4 is 0 Å². The molecule has 9 N–H and O–H groups in total. The van der Waals surface area contributed by atoms with E-state index in [2.05, 4.69) is 12.1 Å². The summed E-state index contributed by atoms with van der Waals surface area (Å²) in [6.45, 7) is 4.86. The van der Waals surface area contributed by atoms with Crippen LogP contribution < -0.4 is 0 Å². The van der Waals surface area contributed by atoms with Crippen molar-refractivity contribution in [2.75, 3.05) is 0 Å². The Kier molecular flexibility index (Phi) is 16.1. The summed E-state index contributed by atoms with van der Waals surface area (Å²) >= 11 is 0. The molecule has 0 heterocycles. The molecule has 3 fully saturated rings. The summed E-state index contributed by atoms with van der Waals surface area (Å²) < 4.78 is 0. The molecule has 3 saturated carbocycles. The van der Waals surface area contributed by atoms with E-state index in [1.54, 1.807) is 12.1 Å². The molecule has 9 heteroatoms. The second kappa shape index (κ2) is 21.7. The lowest BCUT2D eigenvalue weighted by molar-refractivity contribution is 0.272. The van der Waals surface area contributed by atoms with Crippen LogP contribution in [-0.2, 0) is 44.7 Å². The topological polar surface area (TPSA) is 182 Å². The predicted octanol–water partition coefficient (Wildman–Crippen LogP) is 11.3. The van der Waals surface area contributed by atoms with Crippen LogP contribution >= 0.6 is 0 Å². The molecule has 0 saturated heterocycles. The smallest absolute Gasteiger partial charge is 0.124 e. The Morgan fingerprint density at radius 3 is 0.985 bits per heavy atom. The molecule has 5 aromatic carbocycles. The minimum Gasteiger partial charge on any atom is -0.507 e. The van der Waals surface area contributed by atoms with Gasteiger partial charge in [-0.25, -0.2) is 0 Å². The lowest BCUT2D eigenvalue weighted by Crippen LogP contribution is -2.31. The van der Waals surface area contributed by atoms with Crippen LogP contribution in [0.2, 0.25) is 0 Å². The van der Waals surface area contributed by atoms with Gasteiger partial charge in [0.25, 0.3) is 0 Å². The summed E-state index contributed by atoms with van der Waals surface area (Å²) in [5, 5.41) is 93.5. The zero-order valence-corrected chi connectivity index (χ0v) is 39.3. The Morgan fingerprint density at radius 2 is 0.652 bits per heavy atom. The molecule has 0 unspecified atom stereocenters. The average Bonchev–Trinajstić information content (AvgIpc) is 3.33. The molecule has 3 aliphatic carbocycles. The van der Waals surface area contributed by atoms with Crippen molar-refractivity contribution in [3.63, 3.8) is 0 Å². The van der Waals surface area contributed by atoms with Crippen molar-refractivity contribution in [3.8, 4) is 28.7 Å². The lowest BCUT2D eigenvalue weighted by Gasteiger charge is -2.40. The van der Waals surface area contributed by atoms with Gasteiger partial charge in [0.2, 0.25) is 0 Å². The molecule has 0 atom stereocenters. The van der Waals surface area contributed by atoms with Gasteiger partial charge >= 0.3 is 0 Å². The summed E-state index contributed by atoms with van der Waals surface area (Å²) in [6.07, 6.45) is 17.7. The van der Waals surface area contributed by atoms with Crippen LogP contribution in [0.4, 0.5) is 0 Å². The van der Waals surface area contributed by atoms with Crippen LogP contribution in [0.5, 0.6) is 28.7 Å². The van der Waals surface area contributed by atoms with Crippen molar-refractivity contribution < 1.29 is 46.0 Å². The number of rotatable bonds is 12. The molecule has 0 radical (unpaired) electrons. The van der Waals surface area contributed by atoms with Gasteiger partial charge in [-0.3, -0.25) is 0 Å². The third-order valence-corrected chi connectivity index (χ3v) is 15.0. The van der Waals surface area contributed by atoms with Crippen molar-refractivity contribution in [1.29, 1.82) is 0 Å². The highest BCUT2D eigenvalue weighted by Gasteiger charge is 2.39. The van der Waals surface area contributed by atoms with E-state index in [4.69, 9.17) is 0 Å². The van der Waals surface area contributed by atoms with Crippen LogP contribution in [-0.4, -0.2) is 46.0 Å². The highest BCUT2D eigenvalue weighted by Crippen LogP contribution is 2.51. The Morgan fingerprint density at radius 1 is 0.364 bits per heavy atom. The Balaban J connectivity index is 0.000000200. The summed E-state index contributed by atoms with van der Waals surface area (Å²) in [5.41, 5.74) is 11.7. The van der Waals surface area contributed by atoms with E-state index >= 15 is 0 Å². The van der Waals surface area contributed by atoms with Crippen LogP contribution in [0.15, 0.2) is 60.7 Å². The average molecular weight is 901 g/mol. The third-order valence-electron chi connectivity index (χ3n) is 15.0. The van der Waals surface area contributed by atoms with Gasteiger partial charge in [-0.15, -0.1) is 0 Å². The number of hydrogen-bond acceptors (Lipinski definition) is 9. The standard InChI is InChI=1S/C32H44O4.C25H28O5/c33-20-24-16-26(18-28(30(24)35)22-10-4-1-5-11-22)32(14-8-3-9-15-32)27-17-25(21-34)31(36)29(19-27)23-12-6-2-7-13-23;1-14-4-17(10-19-6-15(2)8-21(12-26)24(19)29)23(28)18(5-14)11-20-7-16(3)9-22(13-27)25(20)30/h16-19,22-23,33-36H,1-15,20-21H2;4-9,26-30H,10-13H2,1-3H3. The van der Waals surface area contributed by atoms with E-state index in [9.17, 15) is 46.0 Å². The van der Waals surface area contributed by atoms with Gasteiger partial charge in [0.1, 0.15) is 28.7 Å². The number of benzene rings is 5. The molecule has 0 amide bonds. The summed E-state index contributed by atoms with van der Waals surface area (Å²) in [7, 11) is 0. The van der Waals surface area contributed by atoms with Gasteiger partial charge < -0.3 is 46.0 Å². The first kappa shape index (κ1) is 48.9. The molecule has 9 nitrogen and oxygen atoms in total. The largest absolute Gasteiger partial charge is 0.507 e. The first-order valence-electron chi connectivity index (χ1n) is 24.4. The second-order valence-corrected chi connectivity index (χ2v) is 19.7. The molecule has 5 aromatic rings. The Hall–Kier alpha value is -5.06. The van der Waals surface area contributed by atoms with Gasteiger partial charge in [-0.1, -0.05) is 123 Å². The molecular weight excluding hydrogens is 829 g/mol. The monoisotopic (exact) mass is 901 g/mol. The van der Waals surface area contributed by atoms with Crippen LogP contribution in [0.1, 0.15) is 192 Å². The van der Waals surface area contributed by atoms with E-state index in [1.165, 1.54) is 56.1 Å². The molecule has 8 rings (SSSR count). The third kappa shape index (κ3) is 10.6. The maximum Gasteiger partial charge on any atom is 0.124 e. The fourth-order valence-corrected chi connectivity index (χ4v) is 11.6. The molecular formula is C57H72O9. The van der Waals surface area contributed by atoms with Gasteiger partial charge in [0.05, 0.1) is 26.4 Å². The Bertz CT molecular complexity index is 2310. The van der Waals surface area contributed by atoms with E-state index < -0.39 is 0 Å². The molecule has 354 valence electrons. The highest BCUT2D eigenvalue weighted by molar-refractivity contribution is 5.56. The summed E-state index contributed by atoms with van der Waals surface area (Å²) in [6, 6.07) is 19.5. The molecule has 0 bridgehead atoms. The number of aryl methyl sites for hydroxylation is 3. The van der Waals surface area contributed by atoms with Crippen molar-refractivity contribution in [3.05, 3.63) is 144 Å². The Labute approximate surface area is 391 Å². The van der Waals surface area contributed by atoms with Gasteiger partial charge in [0.15, 0.2) is 0 Å². The number of phenols is 5. The molecule has 0 aromatic heterocycles. The number of aliphatic hydroxyl groups excluding tert-OH is 4. The fourth-order valence-electron chi connectivity index (χ4n) is 11.6. The van der Waals surface area contributed by atoms with Crippen LogP contribution in [0.25, 0.3) is 0 Å². The van der Waals surface area contributed by atoms with E-state index in [1.807, 2.05) is 57.2 Å². The number of aliphatic hydroxyl groups is 4. The van der Waals surface area contributed by atoms with Crippen molar-refractivity contribution in [2.45, 2.75) is 174 Å². The minimum absolute atomic E-state index is 0.0365. The van der Waals surface area contributed by atoms with Crippen molar-refractivity contribution in [1.82, 2.24) is 0 Å². The minimum atomic E-state index is -0.259. The molecule has 0 spiro atoms. The maximum absolute atomic E-state index is 11.1. The predicted molar refractivity (Wildman–Crippen MR) is 260 cm³/mol. The fraction of sp³-hybridized carbons (Fsp3) is 0.474. The first-order chi connectivity index (χ1) is 31.8. The number of aromatic hydroxyl groups is 5. The molecule has 66 heavy (non-hydrogen) atoms. The van der Waals surface area contributed by atoms with Gasteiger partial charge in [-0.2, -0.15) is 0 Å². The lowest BCUT2D eigenvalue weighted by atomic mass is 9.63. The number of phenolic OH excluding ortho intramolecular Hbond substituents is 1. The van der Waals surface area contributed by atoms with Crippen LogP contribution in [0.3, 0.4) is 0 Å².